The number of rotatable bonds is 3. The van der Waals surface area contributed by atoms with Crippen LogP contribution in [0.25, 0.3) is 0 Å². The molecule has 1 saturated heterocycles. The zero-order valence-corrected chi connectivity index (χ0v) is 10.8. The van der Waals surface area contributed by atoms with Crippen LogP contribution in [0.4, 0.5) is 0 Å². The highest BCUT2D eigenvalue weighted by Crippen LogP contribution is 2.28. The average molecular weight is 246 g/mol. The van der Waals surface area contributed by atoms with E-state index < -0.39 is 0 Å². The van der Waals surface area contributed by atoms with Crippen molar-refractivity contribution >= 4 is 0 Å². The first kappa shape index (κ1) is 11.5. The van der Waals surface area contributed by atoms with Crippen molar-refractivity contribution in [3.8, 4) is 0 Å². The van der Waals surface area contributed by atoms with Crippen molar-refractivity contribution in [2.75, 3.05) is 13.1 Å². The van der Waals surface area contributed by atoms with Crippen molar-refractivity contribution in [2.24, 2.45) is 0 Å². The molecule has 0 unspecified atom stereocenters. The molecule has 96 valence electrons. The fraction of sp³-hybridized carbons (Fsp3) is 0.538. The molecular formula is C13H18N4O. The van der Waals surface area contributed by atoms with Gasteiger partial charge in [-0.3, -0.25) is 10.00 Å². The highest BCUT2D eigenvalue weighted by Gasteiger charge is 2.26. The smallest absolute Gasteiger partial charge is 0.133 e. The third kappa shape index (κ3) is 2.18. The molecule has 18 heavy (non-hydrogen) atoms. The Morgan fingerprint density at radius 2 is 2.39 bits per heavy atom. The second-order valence-corrected chi connectivity index (χ2v) is 5.12. The molecule has 1 aliphatic heterocycles. The number of likely N-dealkylation sites (tertiary alicyclic amines) is 1. The van der Waals surface area contributed by atoms with Crippen LogP contribution in [-0.2, 0) is 6.54 Å². The summed E-state index contributed by atoms with van der Waals surface area (Å²) >= 11 is 0. The molecule has 0 bridgehead atoms. The minimum atomic E-state index is 0.570. The second kappa shape index (κ2) is 4.57. The summed E-state index contributed by atoms with van der Waals surface area (Å²) in [5.74, 6) is 1.45. The Morgan fingerprint density at radius 1 is 1.50 bits per heavy atom. The van der Waals surface area contributed by atoms with Crippen molar-refractivity contribution in [2.45, 2.75) is 32.7 Å². The molecule has 1 N–H and O–H groups in total. The third-order valence-corrected chi connectivity index (χ3v) is 3.61. The highest BCUT2D eigenvalue weighted by molar-refractivity contribution is 5.20. The summed E-state index contributed by atoms with van der Waals surface area (Å²) in [5, 5.41) is 11.3. The SMILES string of the molecule is Cc1cc(CN2CC[C@H](c3[nH]ncc3C)C2)no1. The molecule has 2 aromatic rings. The van der Waals surface area contributed by atoms with Crippen molar-refractivity contribution in [1.82, 2.24) is 20.3 Å². The van der Waals surface area contributed by atoms with Gasteiger partial charge < -0.3 is 4.52 Å². The molecular weight excluding hydrogens is 228 g/mol. The highest BCUT2D eigenvalue weighted by atomic mass is 16.5. The minimum absolute atomic E-state index is 0.570. The van der Waals surface area contributed by atoms with Crippen molar-refractivity contribution < 1.29 is 4.52 Å². The molecule has 1 fully saturated rings. The summed E-state index contributed by atoms with van der Waals surface area (Å²) in [5.41, 5.74) is 3.57. The zero-order chi connectivity index (χ0) is 12.5. The van der Waals surface area contributed by atoms with Crippen LogP contribution >= 0.6 is 0 Å². The van der Waals surface area contributed by atoms with E-state index in [4.69, 9.17) is 4.52 Å². The van der Waals surface area contributed by atoms with Crippen LogP contribution in [0.5, 0.6) is 0 Å². The number of aryl methyl sites for hydroxylation is 2. The molecule has 3 rings (SSSR count). The Kier molecular flexibility index (Phi) is 2.91. The molecule has 0 aliphatic carbocycles. The summed E-state index contributed by atoms with van der Waals surface area (Å²) < 4.78 is 5.10. The number of H-pyrrole nitrogens is 1. The molecule has 2 aromatic heterocycles. The van der Waals surface area contributed by atoms with E-state index >= 15 is 0 Å². The van der Waals surface area contributed by atoms with Crippen LogP contribution in [0.2, 0.25) is 0 Å². The molecule has 3 heterocycles. The molecule has 1 aliphatic rings. The van der Waals surface area contributed by atoms with Gasteiger partial charge in [0.05, 0.1) is 11.9 Å². The van der Waals surface area contributed by atoms with Crippen LogP contribution in [0.1, 0.15) is 35.1 Å². The number of hydrogen-bond acceptors (Lipinski definition) is 4. The maximum Gasteiger partial charge on any atom is 0.133 e. The lowest BCUT2D eigenvalue weighted by molar-refractivity contribution is 0.308. The lowest BCUT2D eigenvalue weighted by Crippen LogP contribution is -2.20. The normalized spacial score (nSPS) is 20.7. The molecule has 0 amide bonds. The van der Waals surface area contributed by atoms with E-state index in [1.54, 1.807) is 0 Å². The van der Waals surface area contributed by atoms with E-state index in [2.05, 4.69) is 27.2 Å². The predicted octanol–water partition coefficient (Wildman–Crippen LogP) is 2.00. The van der Waals surface area contributed by atoms with Crippen molar-refractivity contribution in [3.63, 3.8) is 0 Å². The van der Waals surface area contributed by atoms with E-state index in [-0.39, 0.29) is 0 Å². The second-order valence-electron chi connectivity index (χ2n) is 5.12. The van der Waals surface area contributed by atoms with Crippen LogP contribution in [-0.4, -0.2) is 33.3 Å². The first-order chi connectivity index (χ1) is 8.72. The van der Waals surface area contributed by atoms with Crippen molar-refractivity contribution in [3.05, 3.63) is 35.0 Å². The lowest BCUT2D eigenvalue weighted by atomic mass is 10.0. The topological polar surface area (TPSA) is 58.0 Å². The number of aromatic amines is 1. The van der Waals surface area contributed by atoms with Gasteiger partial charge in [-0.2, -0.15) is 5.10 Å². The summed E-state index contributed by atoms with van der Waals surface area (Å²) in [4.78, 5) is 2.42. The quantitative estimate of drug-likeness (QED) is 0.900. The van der Waals surface area contributed by atoms with Gasteiger partial charge >= 0.3 is 0 Å². The summed E-state index contributed by atoms with van der Waals surface area (Å²) in [6, 6.07) is 2.01. The molecule has 0 spiro atoms. The van der Waals surface area contributed by atoms with Crippen LogP contribution in [0.15, 0.2) is 16.8 Å². The molecule has 0 saturated carbocycles. The van der Waals surface area contributed by atoms with E-state index in [0.717, 1.165) is 31.1 Å². The van der Waals surface area contributed by atoms with Crippen LogP contribution in [0, 0.1) is 13.8 Å². The fourth-order valence-corrected chi connectivity index (χ4v) is 2.70. The number of hydrogen-bond donors (Lipinski definition) is 1. The fourth-order valence-electron chi connectivity index (χ4n) is 2.70. The maximum absolute atomic E-state index is 5.10. The zero-order valence-electron chi connectivity index (χ0n) is 10.8. The molecule has 0 radical (unpaired) electrons. The van der Waals surface area contributed by atoms with Gasteiger partial charge in [-0.25, -0.2) is 0 Å². The Balaban J connectivity index is 1.63. The van der Waals surface area contributed by atoms with E-state index in [9.17, 15) is 0 Å². The summed E-state index contributed by atoms with van der Waals surface area (Å²) in [6.45, 7) is 7.09. The third-order valence-electron chi connectivity index (χ3n) is 3.61. The number of nitrogens with zero attached hydrogens (tertiary/aromatic N) is 3. The van der Waals surface area contributed by atoms with E-state index in [0.29, 0.717) is 5.92 Å². The van der Waals surface area contributed by atoms with Gasteiger partial charge in [0.25, 0.3) is 0 Å². The lowest BCUT2D eigenvalue weighted by Gasteiger charge is -2.13. The standard InChI is InChI=1S/C13H18N4O/c1-9-6-14-15-13(9)11-3-4-17(7-11)8-12-5-10(2)18-16-12/h5-6,11H,3-4,7-8H2,1-2H3,(H,14,15)/t11-/m0/s1. The van der Waals surface area contributed by atoms with Gasteiger partial charge in [0, 0.05) is 30.8 Å². The molecule has 5 nitrogen and oxygen atoms in total. The van der Waals surface area contributed by atoms with Crippen LogP contribution in [0.3, 0.4) is 0 Å². The first-order valence-corrected chi connectivity index (χ1v) is 6.37. The van der Waals surface area contributed by atoms with Crippen LogP contribution < -0.4 is 0 Å². The van der Waals surface area contributed by atoms with E-state index in [1.165, 1.54) is 17.7 Å². The monoisotopic (exact) mass is 246 g/mol. The summed E-state index contributed by atoms with van der Waals surface area (Å²) in [7, 11) is 0. The Labute approximate surface area is 106 Å². The Bertz CT molecular complexity index is 531. The van der Waals surface area contributed by atoms with Gasteiger partial charge in [-0.05, 0) is 32.4 Å². The number of aromatic nitrogens is 3. The Hall–Kier alpha value is -1.62. The predicted molar refractivity (Wildman–Crippen MR) is 67.2 cm³/mol. The van der Waals surface area contributed by atoms with Gasteiger partial charge in [0.15, 0.2) is 0 Å². The largest absolute Gasteiger partial charge is 0.361 e. The van der Waals surface area contributed by atoms with Gasteiger partial charge in [0.1, 0.15) is 5.76 Å². The van der Waals surface area contributed by atoms with Gasteiger partial charge in [0.2, 0.25) is 0 Å². The molecule has 0 aromatic carbocycles. The van der Waals surface area contributed by atoms with Gasteiger partial charge in [-0.1, -0.05) is 5.16 Å². The van der Waals surface area contributed by atoms with Gasteiger partial charge in [-0.15, -0.1) is 0 Å². The maximum atomic E-state index is 5.10. The summed E-state index contributed by atoms with van der Waals surface area (Å²) in [6.07, 6.45) is 3.08. The average Bonchev–Trinajstić information content (AvgIpc) is 3.02. The van der Waals surface area contributed by atoms with E-state index in [1.807, 2.05) is 19.2 Å². The van der Waals surface area contributed by atoms with Crippen molar-refractivity contribution in [1.29, 1.82) is 0 Å². The Morgan fingerprint density at radius 3 is 3.06 bits per heavy atom. The molecule has 1 atom stereocenters. The first-order valence-electron chi connectivity index (χ1n) is 6.37. The number of nitrogens with one attached hydrogen (secondary N) is 1. The minimum Gasteiger partial charge on any atom is -0.361 e. The molecule has 5 heteroatoms.